The average Bonchev–Trinajstić information content (AvgIpc) is 2.41. The minimum Gasteiger partial charge on any atom is -0.357 e. The van der Waals surface area contributed by atoms with Gasteiger partial charge in [-0.15, -0.1) is 0 Å². The third-order valence-corrected chi connectivity index (χ3v) is 3.59. The minimum absolute atomic E-state index is 0.101. The van der Waals surface area contributed by atoms with Crippen LogP contribution in [0.5, 0.6) is 0 Å². The first-order valence-electron chi connectivity index (χ1n) is 6.74. The second-order valence-corrected chi connectivity index (χ2v) is 5.56. The molecule has 0 heterocycles. The van der Waals surface area contributed by atoms with Crippen molar-refractivity contribution in [1.82, 2.24) is 19.5 Å². The summed E-state index contributed by atoms with van der Waals surface area (Å²) in [6, 6.07) is -1.62. The van der Waals surface area contributed by atoms with Crippen molar-refractivity contribution in [2.24, 2.45) is 11.7 Å². The first-order valence-corrected chi connectivity index (χ1v) is 7.82. The molecule has 0 aromatic carbocycles. The second-order valence-electron chi connectivity index (χ2n) is 4.94. The quantitative estimate of drug-likeness (QED) is 0.201. The fourth-order valence-electron chi connectivity index (χ4n) is 1.70. The van der Waals surface area contributed by atoms with Gasteiger partial charge in [-0.25, -0.2) is 8.32 Å². The van der Waals surface area contributed by atoms with Crippen LogP contribution in [0.1, 0.15) is 26.7 Å². The van der Waals surface area contributed by atoms with Crippen LogP contribution in [0.15, 0.2) is 0 Å². The molecule has 0 unspecified atom stereocenters. The highest BCUT2D eigenvalue weighted by molar-refractivity contribution is 14.1. The normalized spacial score (nSPS) is 13.4. The standard InChI is InChI=1S/C12H24IN5O3/c1-7(2)9(18-13)11(20)17-8(10(19)15-3)5-4-6-16-12(14)21/h7-9,18H,4-6H2,1-3H3,(H,15,19)(H,17,20)(H3,14,16,21)/t8-,9-/m0/s1. The highest BCUT2D eigenvalue weighted by Gasteiger charge is 2.26. The largest absolute Gasteiger partial charge is 0.357 e. The number of nitrogens with two attached hydrogens (primary N) is 1. The smallest absolute Gasteiger partial charge is 0.312 e. The van der Waals surface area contributed by atoms with E-state index in [9.17, 15) is 14.4 Å². The van der Waals surface area contributed by atoms with Crippen molar-refractivity contribution in [2.75, 3.05) is 13.6 Å². The van der Waals surface area contributed by atoms with Crippen molar-refractivity contribution < 1.29 is 14.4 Å². The summed E-state index contributed by atoms with van der Waals surface area (Å²) in [6.07, 6.45) is 0.947. The first kappa shape index (κ1) is 19.9. The lowest BCUT2D eigenvalue weighted by Crippen LogP contribution is -2.52. The Hall–Kier alpha value is -1.10. The van der Waals surface area contributed by atoms with E-state index < -0.39 is 12.1 Å². The average molecular weight is 413 g/mol. The SMILES string of the molecule is CNC(=O)[C@H](CCCNC(N)=O)NC(=O)[C@@H](NI)C(C)C. The molecule has 0 saturated heterocycles. The van der Waals surface area contributed by atoms with Gasteiger partial charge in [0.25, 0.3) is 0 Å². The van der Waals surface area contributed by atoms with Gasteiger partial charge in [0.1, 0.15) is 6.04 Å². The molecular formula is C12H24IN5O3. The number of primary amides is 1. The molecule has 0 spiro atoms. The van der Waals surface area contributed by atoms with Crippen LogP contribution in [-0.4, -0.2) is 43.5 Å². The molecule has 6 N–H and O–H groups in total. The Morgan fingerprint density at radius 2 is 1.81 bits per heavy atom. The number of urea groups is 1. The fourth-order valence-corrected chi connectivity index (χ4v) is 2.70. The van der Waals surface area contributed by atoms with Gasteiger partial charge in [0.05, 0.1) is 6.04 Å². The van der Waals surface area contributed by atoms with E-state index in [0.717, 1.165) is 0 Å². The summed E-state index contributed by atoms with van der Waals surface area (Å²) in [5.74, 6) is -0.391. The van der Waals surface area contributed by atoms with E-state index in [1.165, 1.54) is 7.05 Å². The molecule has 0 saturated carbocycles. The molecule has 0 aromatic heterocycles. The minimum atomic E-state index is -0.636. The van der Waals surface area contributed by atoms with Crippen LogP contribution in [0.25, 0.3) is 0 Å². The van der Waals surface area contributed by atoms with Crippen molar-refractivity contribution in [3.05, 3.63) is 0 Å². The third-order valence-electron chi connectivity index (χ3n) is 2.91. The van der Waals surface area contributed by atoms with Gasteiger partial charge in [-0.3, -0.25) is 9.59 Å². The van der Waals surface area contributed by atoms with Crippen LogP contribution in [0.3, 0.4) is 0 Å². The number of hydrogen-bond donors (Lipinski definition) is 5. The van der Waals surface area contributed by atoms with E-state index in [0.29, 0.717) is 19.4 Å². The lowest BCUT2D eigenvalue weighted by atomic mass is 10.0. The Morgan fingerprint density at radius 3 is 2.24 bits per heavy atom. The molecule has 122 valence electrons. The number of rotatable bonds is 9. The molecule has 0 radical (unpaired) electrons. The Morgan fingerprint density at radius 1 is 1.19 bits per heavy atom. The molecule has 0 rings (SSSR count). The topological polar surface area (TPSA) is 125 Å². The van der Waals surface area contributed by atoms with Crippen molar-refractivity contribution in [3.8, 4) is 0 Å². The first-order chi connectivity index (χ1) is 9.83. The van der Waals surface area contributed by atoms with Crippen LogP contribution in [-0.2, 0) is 9.59 Å². The monoisotopic (exact) mass is 413 g/mol. The summed E-state index contributed by atoms with van der Waals surface area (Å²) in [7, 11) is 1.51. The molecule has 9 heteroatoms. The Balaban J connectivity index is 4.51. The Labute approximate surface area is 138 Å². The predicted octanol–water partition coefficient (Wildman–Crippen LogP) is -0.370. The molecule has 0 bridgehead atoms. The summed E-state index contributed by atoms with van der Waals surface area (Å²) in [6.45, 7) is 4.19. The molecular weight excluding hydrogens is 389 g/mol. The van der Waals surface area contributed by atoms with E-state index in [2.05, 4.69) is 19.5 Å². The number of nitrogens with one attached hydrogen (secondary N) is 4. The molecule has 8 nitrogen and oxygen atoms in total. The number of carbonyl (C=O) groups is 3. The van der Waals surface area contributed by atoms with Crippen LogP contribution >= 0.6 is 22.9 Å². The van der Waals surface area contributed by atoms with Gasteiger partial charge in [0, 0.05) is 36.5 Å². The van der Waals surface area contributed by atoms with E-state index in [1.54, 1.807) is 0 Å². The predicted molar refractivity (Wildman–Crippen MR) is 88.6 cm³/mol. The summed E-state index contributed by atoms with van der Waals surface area (Å²) in [5.41, 5.74) is 4.96. The van der Waals surface area contributed by atoms with Crippen LogP contribution < -0.4 is 25.2 Å². The zero-order valence-electron chi connectivity index (χ0n) is 12.5. The maximum absolute atomic E-state index is 12.1. The molecule has 0 aliphatic heterocycles. The van der Waals surface area contributed by atoms with E-state index >= 15 is 0 Å². The maximum atomic E-state index is 12.1. The Kier molecular flexibility index (Phi) is 10.0. The zero-order valence-corrected chi connectivity index (χ0v) is 14.7. The molecule has 2 atom stereocenters. The van der Waals surface area contributed by atoms with Crippen LogP contribution in [0.4, 0.5) is 4.79 Å². The summed E-state index contributed by atoms with van der Waals surface area (Å²) in [4.78, 5) is 34.5. The summed E-state index contributed by atoms with van der Waals surface area (Å²) < 4.78 is 2.90. The van der Waals surface area contributed by atoms with Gasteiger partial charge < -0.3 is 21.7 Å². The third kappa shape index (κ3) is 8.05. The number of halogens is 1. The number of carbonyl (C=O) groups excluding carboxylic acids is 3. The molecule has 4 amide bonds. The number of amides is 4. The molecule has 0 aliphatic carbocycles. The molecule has 0 aromatic rings. The highest BCUT2D eigenvalue weighted by atomic mass is 127. The molecule has 0 fully saturated rings. The van der Waals surface area contributed by atoms with Gasteiger partial charge in [0.15, 0.2) is 0 Å². The van der Waals surface area contributed by atoms with Gasteiger partial charge in [-0.05, 0) is 18.8 Å². The van der Waals surface area contributed by atoms with Crippen LogP contribution in [0, 0.1) is 5.92 Å². The maximum Gasteiger partial charge on any atom is 0.312 e. The number of likely N-dealkylation sites (N-methyl/N-ethyl adjacent to an activating group) is 1. The highest BCUT2D eigenvalue weighted by Crippen LogP contribution is 2.05. The van der Waals surface area contributed by atoms with Gasteiger partial charge in [-0.2, -0.15) is 0 Å². The lowest BCUT2D eigenvalue weighted by Gasteiger charge is -2.23. The molecule has 0 aliphatic rings. The Bertz CT molecular complexity index is 365. The fraction of sp³-hybridized carbons (Fsp3) is 0.750. The summed E-state index contributed by atoms with van der Waals surface area (Å²) in [5, 5.41) is 7.69. The van der Waals surface area contributed by atoms with Crippen LogP contribution in [0.2, 0.25) is 0 Å². The van der Waals surface area contributed by atoms with E-state index in [-0.39, 0.29) is 23.8 Å². The van der Waals surface area contributed by atoms with Gasteiger partial charge in [0.2, 0.25) is 11.8 Å². The zero-order chi connectivity index (χ0) is 16.4. The van der Waals surface area contributed by atoms with Gasteiger partial charge >= 0.3 is 6.03 Å². The summed E-state index contributed by atoms with van der Waals surface area (Å²) >= 11 is 1.92. The lowest BCUT2D eigenvalue weighted by molar-refractivity contribution is -0.130. The van der Waals surface area contributed by atoms with Crippen molar-refractivity contribution in [2.45, 2.75) is 38.8 Å². The second kappa shape index (κ2) is 10.6. The van der Waals surface area contributed by atoms with Crippen molar-refractivity contribution in [1.29, 1.82) is 0 Å². The van der Waals surface area contributed by atoms with E-state index in [4.69, 9.17) is 5.73 Å². The van der Waals surface area contributed by atoms with Crippen molar-refractivity contribution >= 4 is 40.7 Å². The molecule has 21 heavy (non-hydrogen) atoms. The van der Waals surface area contributed by atoms with E-state index in [1.807, 2.05) is 36.7 Å². The van der Waals surface area contributed by atoms with Crippen molar-refractivity contribution in [3.63, 3.8) is 0 Å². The number of hydrogen-bond acceptors (Lipinski definition) is 4. The van der Waals surface area contributed by atoms with Gasteiger partial charge in [-0.1, -0.05) is 13.8 Å².